The summed E-state index contributed by atoms with van der Waals surface area (Å²) in [7, 11) is 0. The third kappa shape index (κ3) is 3.35. The zero-order valence-corrected chi connectivity index (χ0v) is 7.84. The maximum atomic E-state index is 10.6. The number of esters is 1. The van der Waals surface area contributed by atoms with Gasteiger partial charge in [0.25, 0.3) is 0 Å². The molecule has 0 N–H and O–H groups in total. The third-order valence-electron chi connectivity index (χ3n) is 1.67. The van der Waals surface area contributed by atoms with E-state index in [9.17, 15) is 9.70 Å². The van der Waals surface area contributed by atoms with Gasteiger partial charge < -0.3 is 4.74 Å². The summed E-state index contributed by atoms with van der Waals surface area (Å²) in [5, 5.41) is 2.73. The van der Waals surface area contributed by atoms with E-state index in [0.29, 0.717) is 6.42 Å². The van der Waals surface area contributed by atoms with Crippen molar-refractivity contribution in [2.45, 2.75) is 19.6 Å². The topological polar surface area (TPSA) is 55.7 Å². The van der Waals surface area contributed by atoms with Crippen molar-refractivity contribution >= 4 is 5.97 Å². The van der Waals surface area contributed by atoms with Crippen LogP contribution in [-0.4, -0.2) is 12.2 Å². The van der Waals surface area contributed by atoms with Crippen molar-refractivity contribution in [2.24, 2.45) is 5.18 Å². The van der Waals surface area contributed by atoms with Gasteiger partial charge in [-0.05, 0) is 10.7 Å². The Morgan fingerprint density at radius 3 is 2.57 bits per heavy atom. The molecule has 14 heavy (non-hydrogen) atoms. The number of carbonyl (C=O) groups excluding carboxylic acids is 1. The van der Waals surface area contributed by atoms with Gasteiger partial charge in [-0.25, -0.2) is 0 Å². The van der Waals surface area contributed by atoms with E-state index in [1.807, 2.05) is 30.3 Å². The van der Waals surface area contributed by atoms with Gasteiger partial charge in [0, 0.05) is 13.3 Å². The van der Waals surface area contributed by atoms with Gasteiger partial charge in [0.05, 0.1) is 0 Å². The van der Waals surface area contributed by atoms with Crippen LogP contribution >= 0.6 is 0 Å². The van der Waals surface area contributed by atoms with Gasteiger partial charge in [-0.3, -0.25) is 4.79 Å². The molecule has 0 amide bonds. The molecule has 4 heteroatoms. The van der Waals surface area contributed by atoms with Crippen molar-refractivity contribution in [3.8, 4) is 0 Å². The molecule has 4 nitrogen and oxygen atoms in total. The third-order valence-corrected chi connectivity index (χ3v) is 1.67. The number of benzene rings is 1. The van der Waals surface area contributed by atoms with Crippen LogP contribution in [-0.2, 0) is 16.0 Å². The molecule has 0 radical (unpaired) electrons. The highest BCUT2D eigenvalue weighted by atomic mass is 16.6. The molecule has 0 bridgehead atoms. The van der Waals surface area contributed by atoms with E-state index in [-0.39, 0.29) is 0 Å². The summed E-state index contributed by atoms with van der Waals surface area (Å²) in [6.45, 7) is 1.25. The SMILES string of the molecule is CC(=O)OC(Cc1ccccc1)N=O. The van der Waals surface area contributed by atoms with Crippen LogP contribution in [0.4, 0.5) is 0 Å². The van der Waals surface area contributed by atoms with Crippen molar-refractivity contribution in [1.29, 1.82) is 0 Å². The largest absolute Gasteiger partial charge is 0.436 e. The predicted octanol–water partition coefficient (Wildman–Crippen LogP) is 1.88. The van der Waals surface area contributed by atoms with Crippen LogP contribution in [0, 0.1) is 4.91 Å². The summed E-state index contributed by atoms with van der Waals surface area (Å²) >= 11 is 0. The molecule has 0 aliphatic heterocycles. The molecule has 0 aromatic heterocycles. The molecule has 1 unspecified atom stereocenters. The average Bonchev–Trinajstić information content (AvgIpc) is 2.17. The first-order valence-electron chi connectivity index (χ1n) is 4.26. The van der Waals surface area contributed by atoms with E-state index in [0.717, 1.165) is 5.56 Å². The molecule has 0 aliphatic carbocycles. The van der Waals surface area contributed by atoms with Crippen molar-refractivity contribution < 1.29 is 9.53 Å². The first kappa shape index (κ1) is 10.4. The lowest BCUT2D eigenvalue weighted by molar-refractivity contribution is -0.145. The Hall–Kier alpha value is -1.71. The van der Waals surface area contributed by atoms with E-state index >= 15 is 0 Å². The van der Waals surface area contributed by atoms with Crippen molar-refractivity contribution in [3.63, 3.8) is 0 Å². The van der Waals surface area contributed by atoms with Crippen LogP contribution in [0.25, 0.3) is 0 Å². The lowest BCUT2D eigenvalue weighted by Crippen LogP contribution is -2.15. The van der Waals surface area contributed by atoms with E-state index < -0.39 is 12.2 Å². The standard InChI is InChI=1S/C10H11NO3/c1-8(12)14-10(11-13)7-9-5-3-2-4-6-9/h2-6,10H,7H2,1H3. The normalized spacial score (nSPS) is 11.8. The number of rotatable bonds is 4. The molecule has 74 valence electrons. The summed E-state index contributed by atoms with van der Waals surface area (Å²) in [5.41, 5.74) is 0.915. The number of nitrogens with zero attached hydrogens (tertiary/aromatic N) is 1. The predicted molar refractivity (Wildman–Crippen MR) is 51.5 cm³/mol. The average molecular weight is 193 g/mol. The first-order chi connectivity index (χ1) is 6.72. The molecule has 0 aliphatic rings. The molecule has 1 rings (SSSR count). The van der Waals surface area contributed by atoms with Crippen LogP contribution < -0.4 is 0 Å². The Kier molecular flexibility index (Phi) is 3.79. The molecule has 0 spiro atoms. The first-order valence-corrected chi connectivity index (χ1v) is 4.26. The second-order valence-corrected chi connectivity index (χ2v) is 2.86. The van der Waals surface area contributed by atoms with Gasteiger partial charge in [-0.1, -0.05) is 30.3 Å². The number of ether oxygens (including phenoxy) is 1. The van der Waals surface area contributed by atoms with E-state index in [4.69, 9.17) is 0 Å². The van der Waals surface area contributed by atoms with E-state index in [1.165, 1.54) is 6.92 Å². The van der Waals surface area contributed by atoms with Crippen molar-refractivity contribution in [3.05, 3.63) is 40.8 Å². The summed E-state index contributed by atoms with van der Waals surface area (Å²) in [6, 6.07) is 9.28. The Bertz CT molecular complexity index is 310. The van der Waals surface area contributed by atoms with Gasteiger partial charge in [-0.15, -0.1) is 4.91 Å². The molecule has 0 fully saturated rings. The van der Waals surface area contributed by atoms with Gasteiger partial charge in [0.2, 0.25) is 6.23 Å². The lowest BCUT2D eigenvalue weighted by atomic mass is 10.1. The van der Waals surface area contributed by atoms with Crippen molar-refractivity contribution in [2.75, 3.05) is 0 Å². The van der Waals surface area contributed by atoms with E-state index in [2.05, 4.69) is 9.91 Å². The number of nitroso groups, excluding NO2 is 1. The number of carbonyl (C=O) groups is 1. The van der Waals surface area contributed by atoms with E-state index in [1.54, 1.807) is 0 Å². The van der Waals surface area contributed by atoms with Crippen LogP contribution in [0.1, 0.15) is 12.5 Å². The van der Waals surface area contributed by atoms with Gasteiger partial charge in [0.15, 0.2) is 0 Å². The van der Waals surface area contributed by atoms with Crippen LogP contribution in [0.15, 0.2) is 35.5 Å². The molecule has 1 aromatic rings. The molecule has 1 aromatic carbocycles. The van der Waals surface area contributed by atoms with Crippen LogP contribution in [0.2, 0.25) is 0 Å². The van der Waals surface area contributed by atoms with Gasteiger partial charge in [-0.2, -0.15) is 0 Å². The molecule has 0 saturated heterocycles. The molecule has 0 heterocycles. The van der Waals surface area contributed by atoms with Gasteiger partial charge >= 0.3 is 5.97 Å². The van der Waals surface area contributed by atoms with Gasteiger partial charge in [0.1, 0.15) is 0 Å². The Morgan fingerprint density at radius 2 is 2.07 bits per heavy atom. The zero-order valence-electron chi connectivity index (χ0n) is 7.84. The minimum Gasteiger partial charge on any atom is -0.436 e. The van der Waals surface area contributed by atoms with Crippen LogP contribution in [0.3, 0.4) is 0 Å². The fourth-order valence-electron chi connectivity index (χ4n) is 1.11. The summed E-state index contributed by atoms with van der Waals surface area (Å²) in [5.74, 6) is -0.495. The Labute approximate surface area is 81.9 Å². The zero-order chi connectivity index (χ0) is 10.4. The fourth-order valence-corrected chi connectivity index (χ4v) is 1.11. The second-order valence-electron chi connectivity index (χ2n) is 2.86. The quantitative estimate of drug-likeness (QED) is 0.542. The lowest BCUT2D eigenvalue weighted by Gasteiger charge is -2.08. The monoisotopic (exact) mass is 193 g/mol. The highest BCUT2D eigenvalue weighted by Gasteiger charge is 2.11. The summed E-state index contributed by atoms with van der Waals surface area (Å²) in [6.07, 6.45) is -0.598. The Balaban J connectivity index is 2.57. The summed E-state index contributed by atoms with van der Waals surface area (Å²) < 4.78 is 4.69. The molecule has 0 saturated carbocycles. The fraction of sp³-hybridized carbons (Fsp3) is 0.300. The van der Waals surface area contributed by atoms with Crippen LogP contribution in [0.5, 0.6) is 0 Å². The summed E-state index contributed by atoms with van der Waals surface area (Å²) in [4.78, 5) is 20.9. The highest BCUT2D eigenvalue weighted by Crippen LogP contribution is 2.06. The molecule has 1 atom stereocenters. The Morgan fingerprint density at radius 1 is 1.43 bits per heavy atom. The minimum atomic E-state index is -0.921. The highest BCUT2D eigenvalue weighted by molar-refractivity contribution is 5.66. The maximum absolute atomic E-state index is 10.6. The molecular weight excluding hydrogens is 182 g/mol. The second kappa shape index (κ2) is 5.11. The van der Waals surface area contributed by atoms with Crippen molar-refractivity contribution in [1.82, 2.24) is 0 Å². The molecular formula is C10H11NO3. The number of hydrogen-bond donors (Lipinski definition) is 0. The smallest absolute Gasteiger partial charge is 0.304 e. The minimum absolute atomic E-state index is 0.323. The number of hydrogen-bond acceptors (Lipinski definition) is 4. The maximum Gasteiger partial charge on any atom is 0.304 e.